The van der Waals surface area contributed by atoms with E-state index >= 15 is 0 Å². The molecule has 1 aromatic carbocycles. The van der Waals surface area contributed by atoms with Crippen LogP contribution in [0.2, 0.25) is 0 Å². The summed E-state index contributed by atoms with van der Waals surface area (Å²) in [5, 5.41) is 12.1. The maximum atomic E-state index is 4.13. The number of H-pyrrole nitrogens is 1. The van der Waals surface area contributed by atoms with Crippen LogP contribution in [0.15, 0.2) is 24.4 Å². The molecule has 1 saturated heterocycles. The second kappa shape index (κ2) is 5.61. The Morgan fingerprint density at radius 1 is 1.37 bits per heavy atom. The van der Waals surface area contributed by atoms with Crippen molar-refractivity contribution in [2.24, 2.45) is 0 Å². The van der Waals surface area contributed by atoms with Crippen molar-refractivity contribution in [1.29, 1.82) is 0 Å². The molecule has 1 unspecified atom stereocenters. The van der Waals surface area contributed by atoms with E-state index in [0.717, 1.165) is 5.52 Å². The molecule has 0 radical (unpaired) electrons. The van der Waals surface area contributed by atoms with E-state index in [2.05, 4.69) is 45.5 Å². The van der Waals surface area contributed by atoms with E-state index in [1.807, 2.05) is 6.20 Å². The molecule has 1 aromatic heterocycles. The van der Waals surface area contributed by atoms with Gasteiger partial charge in [0.15, 0.2) is 0 Å². The first kappa shape index (κ1) is 12.5. The van der Waals surface area contributed by atoms with Crippen molar-refractivity contribution in [3.63, 3.8) is 0 Å². The van der Waals surface area contributed by atoms with E-state index < -0.39 is 0 Å². The number of likely N-dealkylation sites (tertiary alicyclic amines) is 1. The van der Waals surface area contributed by atoms with Crippen LogP contribution in [0.1, 0.15) is 26.2 Å². The highest BCUT2D eigenvalue weighted by molar-refractivity contribution is 5.90. The van der Waals surface area contributed by atoms with Crippen LogP contribution in [0.4, 0.5) is 5.69 Å². The normalized spacial score (nSPS) is 21.4. The summed E-state index contributed by atoms with van der Waals surface area (Å²) < 4.78 is 0. The van der Waals surface area contributed by atoms with E-state index in [1.54, 1.807) is 0 Å². The Kier molecular flexibility index (Phi) is 3.69. The van der Waals surface area contributed by atoms with Crippen LogP contribution >= 0.6 is 0 Å². The van der Waals surface area contributed by atoms with Crippen molar-refractivity contribution in [3.05, 3.63) is 24.4 Å². The summed E-state index contributed by atoms with van der Waals surface area (Å²) in [6.45, 7) is 5.87. The summed E-state index contributed by atoms with van der Waals surface area (Å²) in [5.74, 6) is 0. The van der Waals surface area contributed by atoms with Crippen LogP contribution in [-0.4, -0.2) is 40.8 Å². The van der Waals surface area contributed by atoms with Gasteiger partial charge in [-0.3, -0.25) is 5.10 Å². The highest BCUT2D eigenvalue weighted by Gasteiger charge is 2.16. The number of rotatable bonds is 3. The second-order valence-electron chi connectivity index (χ2n) is 5.34. The van der Waals surface area contributed by atoms with Crippen molar-refractivity contribution in [3.8, 4) is 0 Å². The average molecular weight is 258 g/mol. The van der Waals surface area contributed by atoms with Gasteiger partial charge in [-0.25, -0.2) is 0 Å². The highest BCUT2D eigenvalue weighted by atomic mass is 15.1. The molecule has 19 heavy (non-hydrogen) atoms. The number of nitrogens with zero attached hydrogens (tertiary/aromatic N) is 2. The van der Waals surface area contributed by atoms with E-state index in [0.29, 0.717) is 6.04 Å². The number of nitrogens with one attached hydrogen (secondary N) is 2. The minimum absolute atomic E-state index is 0.581. The molecule has 2 heterocycles. The van der Waals surface area contributed by atoms with Crippen molar-refractivity contribution in [1.82, 2.24) is 15.1 Å². The predicted octanol–water partition coefficient (Wildman–Crippen LogP) is 2.85. The maximum absolute atomic E-state index is 4.13. The van der Waals surface area contributed by atoms with Crippen LogP contribution in [0.3, 0.4) is 0 Å². The molecule has 2 aromatic rings. The molecule has 0 saturated carbocycles. The molecule has 0 spiro atoms. The van der Waals surface area contributed by atoms with Gasteiger partial charge in [0.1, 0.15) is 0 Å². The lowest BCUT2D eigenvalue weighted by atomic mass is 10.1. The standard InChI is InChI=1S/C15H22N4/c1-2-19-9-4-5-12(8-10-19)17-14-6-3-7-15-13(14)11-16-18-15/h3,6-7,11-12,17H,2,4-5,8-10H2,1H3,(H,16,18). The zero-order valence-corrected chi connectivity index (χ0v) is 11.5. The van der Waals surface area contributed by atoms with Crippen LogP contribution < -0.4 is 5.32 Å². The van der Waals surface area contributed by atoms with Gasteiger partial charge in [-0.1, -0.05) is 13.0 Å². The Morgan fingerprint density at radius 2 is 2.32 bits per heavy atom. The van der Waals surface area contributed by atoms with Gasteiger partial charge in [-0.05, 0) is 44.5 Å². The third kappa shape index (κ3) is 2.73. The Morgan fingerprint density at radius 3 is 3.21 bits per heavy atom. The Labute approximate surface area is 114 Å². The fourth-order valence-electron chi connectivity index (χ4n) is 2.93. The summed E-state index contributed by atoms with van der Waals surface area (Å²) >= 11 is 0. The number of hydrogen-bond donors (Lipinski definition) is 2. The predicted molar refractivity (Wildman–Crippen MR) is 79.5 cm³/mol. The van der Waals surface area contributed by atoms with Gasteiger partial charge in [0.2, 0.25) is 0 Å². The summed E-state index contributed by atoms with van der Waals surface area (Å²) in [5.41, 5.74) is 2.31. The minimum Gasteiger partial charge on any atom is -0.382 e. The molecule has 4 heteroatoms. The zero-order valence-electron chi connectivity index (χ0n) is 11.5. The van der Waals surface area contributed by atoms with Crippen molar-refractivity contribution in [2.75, 3.05) is 25.0 Å². The first-order chi connectivity index (χ1) is 9.36. The van der Waals surface area contributed by atoms with Gasteiger partial charge in [-0.2, -0.15) is 5.10 Å². The number of anilines is 1. The minimum atomic E-state index is 0.581. The quantitative estimate of drug-likeness (QED) is 0.889. The Balaban J connectivity index is 1.72. The molecule has 0 bridgehead atoms. The molecule has 0 aliphatic carbocycles. The number of benzene rings is 1. The van der Waals surface area contributed by atoms with Gasteiger partial charge < -0.3 is 10.2 Å². The van der Waals surface area contributed by atoms with Crippen molar-refractivity contribution in [2.45, 2.75) is 32.2 Å². The van der Waals surface area contributed by atoms with Gasteiger partial charge in [0, 0.05) is 23.7 Å². The molecular weight excluding hydrogens is 236 g/mol. The summed E-state index contributed by atoms with van der Waals surface area (Å²) in [7, 11) is 0. The lowest BCUT2D eigenvalue weighted by molar-refractivity contribution is 0.300. The topological polar surface area (TPSA) is 44.0 Å². The number of hydrogen-bond acceptors (Lipinski definition) is 3. The molecule has 1 fully saturated rings. The largest absolute Gasteiger partial charge is 0.382 e. The molecule has 3 rings (SSSR count). The lowest BCUT2D eigenvalue weighted by Gasteiger charge is -2.19. The van der Waals surface area contributed by atoms with Crippen molar-refractivity contribution < 1.29 is 0 Å². The van der Waals surface area contributed by atoms with Crippen LogP contribution in [0, 0.1) is 0 Å². The smallest absolute Gasteiger partial charge is 0.0671 e. The molecule has 1 aliphatic rings. The fraction of sp³-hybridized carbons (Fsp3) is 0.533. The van der Waals surface area contributed by atoms with E-state index in [4.69, 9.17) is 0 Å². The summed E-state index contributed by atoms with van der Waals surface area (Å²) in [6.07, 6.45) is 5.67. The molecule has 1 atom stereocenters. The second-order valence-corrected chi connectivity index (χ2v) is 5.34. The Hall–Kier alpha value is -1.55. The third-order valence-corrected chi connectivity index (χ3v) is 4.11. The first-order valence-corrected chi connectivity index (χ1v) is 7.28. The zero-order chi connectivity index (χ0) is 13.1. The third-order valence-electron chi connectivity index (χ3n) is 4.11. The number of fused-ring (bicyclic) bond motifs is 1. The van der Waals surface area contributed by atoms with E-state index in [9.17, 15) is 0 Å². The highest BCUT2D eigenvalue weighted by Crippen LogP contribution is 2.24. The summed E-state index contributed by atoms with van der Waals surface area (Å²) in [6, 6.07) is 6.88. The molecule has 102 valence electrons. The lowest BCUT2D eigenvalue weighted by Crippen LogP contribution is -2.26. The molecule has 0 amide bonds. The number of aromatic nitrogens is 2. The van der Waals surface area contributed by atoms with Gasteiger partial charge in [0.05, 0.1) is 11.7 Å². The van der Waals surface area contributed by atoms with Crippen LogP contribution in [0.25, 0.3) is 10.9 Å². The molecule has 4 nitrogen and oxygen atoms in total. The van der Waals surface area contributed by atoms with E-state index in [1.165, 1.54) is 50.0 Å². The van der Waals surface area contributed by atoms with Crippen LogP contribution in [0.5, 0.6) is 0 Å². The maximum Gasteiger partial charge on any atom is 0.0671 e. The van der Waals surface area contributed by atoms with Gasteiger partial charge in [0.25, 0.3) is 0 Å². The molecular formula is C15H22N4. The average Bonchev–Trinajstić information content (AvgIpc) is 2.80. The fourth-order valence-corrected chi connectivity index (χ4v) is 2.93. The van der Waals surface area contributed by atoms with Gasteiger partial charge in [-0.15, -0.1) is 0 Å². The number of aromatic amines is 1. The summed E-state index contributed by atoms with van der Waals surface area (Å²) in [4.78, 5) is 2.54. The van der Waals surface area contributed by atoms with Gasteiger partial charge >= 0.3 is 0 Å². The molecule has 1 aliphatic heterocycles. The SMILES string of the molecule is CCN1CCCC(Nc2cccc3[nH]ncc23)CC1. The van der Waals surface area contributed by atoms with Crippen LogP contribution in [-0.2, 0) is 0 Å². The first-order valence-electron chi connectivity index (χ1n) is 7.28. The monoisotopic (exact) mass is 258 g/mol. The van der Waals surface area contributed by atoms with E-state index in [-0.39, 0.29) is 0 Å². The Bertz CT molecular complexity index is 534. The molecule has 2 N–H and O–H groups in total. The van der Waals surface area contributed by atoms with Crippen molar-refractivity contribution >= 4 is 16.6 Å².